The highest BCUT2D eigenvalue weighted by Gasteiger charge is 2.41. The molecule has 41 heavy (non-hydrogen) atoms. The Morgan fingerprint density at radius 1 is 0.951 bits per heavy atom. The minimum absolute atomic E-state index is 0.111. The second kappa shape index (κ2) is 12.4. The van der Waals surface area contributed by atoms with Crippen LogP contribution in [0.5, 0.6) is 11.5 Å². The highest BCUT2D eigenvalue weighted by molar-refractivity contribution is 6.32. The number of nitrogens with one attached hydrogen (secondary N) is 1. The highest BCUT2D eigenvalue weighted by atomic mass is 35.5. The van der Waals surface area contributed by atoms with Crippen LogP contribution in [0.4, 0.5) is 0 Å². The summed E-state index contributed by atoms with van der Waals surface area (Å²) >= 11 is 12.5. The molecule has 6 nitrogen and oxygen atoms in total. The Morgan fingerprint density at radius 2 is 1.71 bits per heavy atom. The Hall–Kier alpha value is -3.19. The molecule has 8 heteroatoms. The van der Waals surface area contributed by atoms with E-state index >= 15 is 0 Å². The fourth-order valence-corrected chi connectivity index (χ4v) is 6.99. The number of fused-ring (bicyclic) bond motifs is 3. The molecule has 0 radical (unpaired) electrons. The molecule has 214 valence electrons. The number of carbonyl (C=O) groups is 1. The lowest BCUT2D eigenvalue weighted by Crippen LogP contribution is -2.46. The molecule has 2 unspecified atom stereocenters. The Bertz CT molecular complexity index is 1520. The Kier molecular flexibility index (Phi) is 8.42. The molecule has 4 aromatic rings. The van der Waals surface area contributed by atoms with E-state index in [9.17, 15) is 4.79 Å². The summed E-state index contributed by atoms with van der Waals surface area (Å²) in [5, 5.41) is 5.28. The number of hydrogen-bond acceptors (Lipinski definition) is 4. The summed E-state index contributed by atoms with van der Waals surface area (Å²) in [6.07, 6.45) is 7.63. The summed E-state index contributed by atoms with van der Waals surface area (Å²) in [5.41, 5.74) is 2.57. The summed E-state index contributed by atoms with van der Waals surface area (Å²) in [7, 11) is 1.68. The Balaban J connectivity index is 1.11. The molecule has 2 bridgehead atoms. The summed E-state index contributed by atoms with van der Waals surface area (Å²) in [6.45, 7) is 2.22. The predicted molar refractivity (Wildman–Crippen MR) is 164 cm³/mol. The zero-order chi connectivity index (χ0) is 28.3. The van der Waals surface area contributed by atoms with Gasteiger partial charge < -0.3 is 19.4 Å². The summed E-state index contributed by atoms with van der Waals surface area (Å²) in [4.78, 5) is 16.0. The molecule has 0 aliphatic carbocycles. The lowest BCUT2D eigenvalue weighted by molar-refractivity contribution is 0.0482. The number of ether oxygens (including phenoxy) is 2. The van der Waals surface area contributed by atoms with Gasteiger partial charge in [0.1, 0.15) is 17.6 Å². The van der Waals surface area contributed by atoms with Crippen LogP contribution in [-0.2, 0) is 13.1 Å². The second-order valence-electron chi connectivity index (χ2n) is 11.0. The smallest absolute Gasteiger partial charge is 0.253 e. The molecule has 3 heterocycles. The average Bonchev–Trinajstić information content (AvgIpc) is 3.46. The second-order valence-corrected chi connectivity index (χ2v) is 11.9. The number of piperidine rings is 1. The number of halogens is 2. The van der Waals surface area contributed by atoms with E-state index in [-0.39, 0.29) is 12.0 Å². The number of nitrogens with zero attached hydrogens (tertiary/aromatic N) is 2. The number of amides is 1. The van der Waals surface area contributed by atoms with Gasteiger partial charge in [-0.3, -0.25) is 9.69 Å². The number of rotatable bonds is 10. The highest BCUT2D eigenvalue weighted by Crippen LogP contribution is 2.38. The van der Waals surface area contributed by atoms with Gasteiger partial charge in [0.2, 0.25) is 0 Å². The lowest BCUT2D eigenvalue weighted by Gasteiger charge is -2.39. The first-order valence-corrected chi connectivity index (χ1v) is 15.1. The minimum atomic E-state index is -0.111. The van der Waals surface area contributed by atoms with Crippen molar-refractivity contribution >= 4 is 40.0 Å². The van der Waals surface area contributed by atoms with Gasteiger partial charge in [0, 0.05) is 48.3 Å². The van der Waals surface area contributed by atoms with Gasteiger partial charge in [-0.2, -0.15) is 0 Å². The molecule has 2 aliphatic rings. The van der Waals surface area contributed by atoms with Crippen LogP contribution in [0.15, 0.2) is 72.9 Å². The van der Waals surface area contributed by atoms with E-state index in [4.69, 9.17) is 32.7 Å². The largest absolute Gasteiger partial charge is 0.495 e. The van der Waals surface area contributed by atoms with Gasteiger partial charge in [0.05, 0.1) is 23.2 Å². The first-order valence-electron chi connectivity index (χ1n) is 14.4. The van der Waals surface area contributed by atoms with E-state index < -0.39 is 0 Å². The third-order valence-corrected chi connectivity index (χ3v) is 9.00. The molecule has 2 atom stereocenters. The van der Waals surface area contributed by atoms with Crippen LogP contribution in [-0.4, -0.2) is 47.2 Å². The van der Waals surface area contributed by atoms with Crippen molar-refractivity contribution in [2.45, 2.75) is 63.4 Å². The predicted octanol–water partition coefficient (Wildman–Crippen LogP) is 7.35. The number of benzene rings is 3. The fraction of sp³-hybridized carbons (Fsp3) is 0.364. The monoisotopic (exact) mass is 591 g/mol. The minimum Gasteiger partial charge on any atom is -0.495 e. The number of aromatic nitrogens is 1. The molecule has 1 aromatic heterocycles. The number of para-hydroxylation sites is 2. The first-order chi connectivity index (χ1) is 20.0. The van der Waals surface area contributed by atoms with Crippen LogP contribution in [0.3, 0.4) is 0 Å². The Morgan fingerprint density at radius 3 is 2.46 bits per heavy atom. The molecule has 3 aromatic carbocycles. The van der Waals surface area contributed by atoms with E-state index in [2.05, 4.69) is 14.8 Å². The third-order valence-electron chi connectivity index (χ3n) is 8.45. The maximum atomic E-state index is 13.3. The maximum Gasteiger partial charge on any atom is 0.253 e. The summed E-state index contributed by atoms with van der Waals surface area (Å²) in [5.74, 6) is 1.45. The standard InChI is InChI=1S/C33H35Cl2N3O3/c1-40-31-12-5-9-27-28(33(39)36-20-22-7-4-8-23(34)17-22)21-37(32(27)31)15-6-16-38-24-13-14-25(38)19-26(18-24)41-30-11-3-2-10-29(30)35/h2-5,7-12,17,21,24-26H,6,13-16,18-20H2,1H3,(H,36,39). The third kappa shape index (κ3) is 6.06. The molecule has 0 spiro atoms. The molecule has 2 fully saturated rings. The van der Waals surface area contributed by atoms with Crippen LogP contribution >= 0.6 is 23.2 Å². The number of carbonyl (C=O) groups excluding carboxylic acids is 1. The van der Waals surface area contributed by atoms with Crippen molar-refractivity contribution in [3.05, 3.63) is 94.1 Å². The van der Waals surface area contributed by atoms with Crippen molar-refractivity contribution in [1.82, 2.24) is 14.8 Å². The molecule has 1 amide bonds. The molecular formula is C33H35Cl2N3O3. The quantitative estimate of drug-likeness (QED) is 0.209. The maximum absolute atomic E-state index is 13.3. The van der Waals surface area contributed by atoms with Gasteiger partial charge >= 0.3 is 0 Å². The Labute approximate surface area is 251 Å². The van der Waals surface area contributed by atoms with E-state index in [1.807, 2.05) is 72.9 Å². The summed E-state index contributed by atoms with van der Waals surface area (Å²) < 4.78 is 14.2. The molecule has 0 saturated carbocycles. The lowest BCUT2D eigenvalue weighted by atomic mass is 9.99. The molecule has 1 N–H and O–H groups in total. The van der Waals surface area contributed by atoms with Crippen LogP contribution in [0.25, 0.3) is 10.9 Å². The topological polar surface area (TPSA) is 55.7 Å². The normalized spacial score (nSPS) is 20.3. The van der Waals surface area contributed by atoms with Crippen LogP contribution in [0, 0.1) is 0 Å². The van der Waals surface area contributed by atoms with Gasteiger partial charge in [-0.05, 0) is 68.0 Å². The van der Waals surface area contributed by atoms with Gasteiger partial charge in [-0.1, -0.05) is 59.6 Å². The summed E-state index contributed by atoms with van der Waals surface area (Å²) in [6, 6.07) is 22.2. The van der Waals surface area contributed by atoms with Gasteiger partial charge in [-0.25, -0.2) is 0 Å². The zero-order valence-corrected chi connectivity index (χ0v) is 24.7. The fourth-order valence-electron chi connectivity index (χ4n) is 6.60. The molecular weight excluding hydrogens is 557 g/mol. The van der Waals surface area contributed by atoms with Gasteiger partial charge in [0.25, 0.3) is 5.91 Å². The van der Waals surface area contributed by atoms with Crippen molar-refractivity contribution in [3.63, 3.8) is 0 Å². The van der Waals surface area contributed by atoms with Crippen LogP contribution in [0.2, 0.25) is 10.0 Å². The number of aryl methyl sites for hydroxylation is 1. The SMILES string of the molecule is COc1cccc2c(C(=O)NCc3cccc(Cl)c3)cn(CCCN3C4CCC3CC(Oc3ccccc3Cl)C4)c12. The zero-order valence-electron chi connectivity index (χ0n) is 23.2. The molecule has 6 rings (SSSR count). The molecule has 2 aliphatic heterocycles. The van der Waals surface area contributed by atoms with E-state index in [0.29, 0.717) is 34.2 Å². The van der Waals surface area contributed by atoms with Crippen LogP contribution < -0.4 is 14.8 Å². The van der Waals surface area contributed by atoms with E-state index in [1.54, 1.807) is 7.11 Å². The number of hydrogen-bond donors (Lipinski definition) is 1. The van der Waals surface area contributed by atoms with Crippen molar-refractivity contribution in [2.24, 2.45) is 0 Å². The van der Waals surface area contributed by atoms with Crippen molar-refractivity contribution < 1.29 is 14.3 Å². The van der Waals surface area contributed by atoms with E-state index in [1.165, 1.54) is 12.8 Å². The van der Waals surface area contributed by atoms with Gasteiger partial charge in [0.15, 0.2) is 0 Å². The van der Waals surface area contributed by atoms with E-state index in [0.717, 1.165) is 60.3 Å². The number of methoxy groups -OCH3 is 1. The average molecular weight is 593 g/mol. The van der Waals surface area contributed by atoms with Crippen LogP contribution in [0.1, 0.15) is 48.0 Å². The van der Waals surface area contributed by atoms with Crippen molar-refractivity contribution in [1.29, 1.82) is 0 Å². The first kappa shape index (κ1) is 28.0. The van der Waals surface area contributed by atoms with Crippen molar-refractivity contribution in [3.8, 4) is 11.5 Å². The van der Waals surface area contributed by atoms with Gasteiger partial charge in [-0.15, -0.1) is 0 Å². The molecule has 2 saturated heterocycles. The van der Waals surface area contributed by atoms with Crippen molar-refractivity contribution in [2.75, 3.05) is 13.7 Å².